The third-order valence-electron chi connectivity index (χ3n) is 5.79. The highest BCUT2D eigenvalue weighted by Gasteiger charge is 2.35. The predicted octanol–water partition coefficient (Wildman–Crippen LogP) is 6.01. The molecule has 0 nitrogen and oxygen atoms in total. The van der Waals surface area contributed by atoms with Gasteiger partial charge in [0.1, 0.15) is 5.82 Å². The molecule has 1 aromatic carbocycles. The first kappa shape index (κ1) is 14.8. The van der Waals surface area contributed by atoms with Crippen molar-refractivity contribution in [2.24, 2.45) is 17.8 Å². The second-order valence-electron chi connectivity index (χ2n) is 7.14. The second kappa shape index (κ2) is 6.34. The molecule has 4 unspecified atom stereocenters. The number of rotatable bonds is 2. The van der Waals surface area contributed by atoms with E-state index in [9.17, 15) is 4.39 Å². The molecule has 114 valence electrons. The van der Waals surface area contributed by atoms with Crippen LogP contribution < -0.4 is 0 Å². The van der Waals surface area contributed by atoms with E-state index in [0.717, 1.165) is 23.3 Å². The summed E-state index contributed by atoms with van der Waals surface area (Å²) in [5.41, 5.74) is 1.99. The molecule has 0 bridgehead atoms. The first-order chi connectivity index (χ1) is 10.2. The smallest absolute Gasteiger partial charge is 0.126 e. The highest BCUT2D eigenvalue weighted by atomic mass is 19.1. The van der Waals surface area contributed by atoms with Gasteiger partial charge in [-0.25, -0.2) is 4.39 Å². The lowest BCUT2D eigenvalue weighted by atomic mass is 9.64. The van der Waals surface area contributed by atoms with E-state index in [-0.39, 0.29) is 5.82 Å². The highest BCUT2D eigenvalue weighted by molar-refractivity contribution is 5.26. The number of allylic oxidation sites excluding steroid dienone is 2. The van der Waals surface area contributed by atoms with E-state index in [1.165, 1.54) is 44.1 Å². The molecule has 1 heteroatoms. The van der Waals surface area contributed by atoms with Gasteiger partial charge >= 0.3 is 0 Å². The molecule has 0 aromatic heterocycles. The number of hydrogen-bond donors (Lipinski definition) is 0. The van der Waals surface area contributed by atoms with E-state index < -0.39 is 0 Å². The van der Waals surface area contributed by atoms with Crippen molar-refractivity contribution in [3.8, 4) is 0 Å². The Morgan fingerprint density at radius 2 is 1.81 bits per heavy atom. The molecule has 2 fully saturated rings. The van der Waals surface area contributed by atoms with Crippen molar-refractivity contribution in [3.63, 3.8) is 0 Å². The highest BCUT2D eigenvalue weighted by Crippen LogP contribution is 2.47. The number of halogens is 1. The maximum absolute atomic E-state index is 13.8. The molecule has 3 rings (SSSR count). The van der Waals surface area contributed by atoms with E-state index in [1.54, 1.807) is 6.07 Å². The van der Waals surface area contributed by atoms with Crippen LogP contribution in [0.1, 0.15) is 62.5 Å². The van der Waals surface area contributed by atoms with Crippen molar-refractivity contribution < 1.29 is 4.39 Å². The van der Waals surface area contributed by atoms with Crippen molar-refractivity contribution in [1.82, 2.24) is 0 Å². The van der Waals surface area contributed by atoms with Gasteiger partial charge in [-0.15, -0.1) is 0 Å². The number of hydrogen-bond acceptors (Lipinski definition) is 0. The lowest BCUT2D eigenvalue weighted by Gasteiger charge is -2.41. The van der Waals surface area contributed by atoms with Gasteiger partial charge in [0, 0.05) is 0 Å². The van der Waals surface area contributed by atoms with Gasteiger partial charge in [-0.1, -0.05) is 24.3 Å². The van der Waals surface area contributed by atoms with Crippen LogP contribution in [-0.2, 0) is 0 Å². The van der Waals surface area contributed by atoms with Crippen molar-refractivity contribution in [2.75, 3.05) is 0 Å². The number of benzene rings is 1. The molecule has 0 aliphatic heterocycles. The molecule has 0 heterocycles. The maximum atomic E-state index is 13.8. The average Bonchev–Trinajstić information content (AvgIpc) is 2.50. The molecule has 2 aliphatic rings. The van der Waals surface area contributed by atoms with Crippen molar-refractivity contribution in [3.05, 3.63) is 47.3 Å². The fourth-order valence-electron chi connectivity index (χ4n) is 4.54. The van der Waals surface area contributed by atoms with Crippen molar-refractivity contribution in [2.45, 2.75) is 58.3 Å². The Morgan fingerprint density at radius 1 is 1.05 bits per heavy atom. The van der Waals surface area contributed by atoms with Crippen LogP contribution in [0.25, 0.3) is 0 Å². The van der Waals surface area contributed by atoms with Crippen LogP contribution in [0.15, 0.2) is 30.4 Å². The third-order valence-corrected chi connectivity index (χ3v) is 5.79. The molecule has 1 aromatic rings. The predicted molar refractivity (Wildman–Crippen MR) is 86.9 cm³/mol. The van der Waals surface area contributed by atoms with E-state index in [0.29, 0.717) is 5.92 Å². The Labute approximate surface area is 128 Å². The summed E-state index contributed by atoms with van der Waals surface area (Å²) in [5.74, 6) is 3.14. The first-order valence-corrected chi connectivity index (χ1v) is 8.56. The monoisotopic (exact) mass is 286 g/mol. The standard InChI is InChI=1S/C20H27F/c1-3-4-15-6-8-17-12-18(10-9-16(17)11-15)19-7-5-14(2)20(21)13-19/h3-5,7,13,15-18H,6,8-12H2,1-2H3/b4-3+. The Bertz CT molecular complexity index is 517. The molecule has 0 N–H and O–H groups in total. The van der Waals surface area contributed by atoms with E-state index in [1.807, 2.05) is 13.0 Å². The Kier molecular flexibility index (Phi) is 4.47. The number of fused-ring (bicyclic) bond motifs is 1. The van der Waals surface area contributed by atoms with Gasteiger partial charge in [0.05, 0.1) is 0 Å². The lowest BCUT2D eigenvalue weighted by Crippen LogP contribution is -2.30. The fourth-order valence-corrected chi connectivity index (χ4v) is 4.54. The molecule has 0 saturated heterocycles. The van der Waals surface area contributed by atoms with Crippen LogP contribution in [0.4, 0.5) is 4.39 Å². The summed E-state index contributed by atoms with van der Waals surface area (Å²) in [6.45, 7) is 3.98. The van der Waals surface area contributed by atoms with Gasteiger partial charge in [0.15, 0.2) is 0 Å². The Balaban J connectivity index is 1.67. The number of aryl methyl sites for hydroxylation is 1. The summed E-state index contributed by atoms with van der Waals surface area (Å²) in [4.78, 5) is 0. The molecule has 21 heavy (non-hydrogen) atoms. The molecular weight excluding hydrogens is 259 g/mol. The summed E-state index contributed by atoms with van der Waals surface area (Å²) in [6.07, 6.45) is 12.6. The maximum Gasteiger partial charge on any atom is 0.126 e. The molecule has 4 atom stereocenters. The van der Waals surface area contributed by atoms with Crippen molar-refractivity contribution in [1.29, 1.82) is 0 Å². The van der Waals surface area contributed by atoms with Gasteiger partial charge in [-0.2, -0.15) is 0 Å². The summed E-state index contributed by atoms with van der Waals surface area (Å²) in [5, 5.41) is 0. The minimum atomic E-state index is -0.0357. The molecule has 0 spiro atoms. The van der Waals surface area contributed by atoms with Crippen molar-refractivity contribution >= 4 is 0 Å². The molecular formula is C20H27F. The van der Waals surface area contributed by atoms with Gasteiger partial charge in [0.25, 0.3) is 0 Å². The van der Waals surface area contributed by atoms with E-state index >= 15 is 0 Å². The van der Waals surface area contributed by atoms with Gasteiger partial charge < -0.3 is 0 Å². The van der Waals surface area contributed by atoms with Gasteiger partial charge in [-0.05, 0) is 93.2 Å². The fraction of sp³-hybridized carbons (Fsp3) is 0.600. The van der Waals surface area contributed by atoms with Crippen LogP contribution in [0.5, 0.6) is 0 Å². The largest absolute Gasteiger partial charge is 0.207 e. The van der Waals surface area contributed by atoms with Gasteiger partial charge in [-0.3, -0.25) is 0 Å². The van der Waals surface area contributed by atoms with Crippen LogP contribution >= 0.6 is 0 Å². The first-order valence-electron chi connectivity index (χ1n) is 8.56. The topological polar surface area (TPSA) is 0 Å². The molecule has 0 radical (unpaired) electrons. The summed E-state index contributed by atoms with van der Waals surface area (Å²) >= 11 is 0. The second-order valence-corrected chi connectivity index (χ2v) is 7.14. The average molecular weight is 286 g/mol. The Morgan fingerprint density at radius 3 is 2.57 bits per heavy atom. The minimum Gasteiger partial charge on any atom is -0.207 e. The van der Waals surface area contributed by atoms with Crippen LogP contribution in [0.3, 0.4) is 0 Å². The van der Waals surface area contributed by atoms with Crippen LogP contribution in [0, 0.1) is 30.5 Å². The molecule has 2 aliphatic carbocycles. The normalized spacial score (nSPS) is 33.1. The zero-order valence-electron chi connectivity index (χ0n) is 13.3. The zero-order chi connectivity index (χ0) is 14.8. The summed E-state index contributed by atoms with van der Waals surface area (Å²) in [7, 11) is 0. The van der Waals surface area contributed by atoms with E-state index in [2.05, 4.69) is 25.1 Å². The third kappa shape index (κ3) is 3.22. The SMILES string of the molecule is C/C=C/C1CCC2CC(c3ccc(C)c(F)c3)CCC2C1. The summed E-state index contributed by atoms with van der Waals surface area (Å²) in [6, 6.07) is 5.88. The Hall–Kier alpha value is -1.11. The van der Waals surface area contributed by atoms with Gasteiger partial charge in [0.2, 0.25) is 0 Å². The summed E-state index contributed by atoms with van der Waals surface area (Å²) < 4.78 is 13.8. The van der Waals surface area contributed by atoms with Crippen LogP contribution in [0.2, 0.25) is 0 Å². The molecule has 2 saturated carbocycles. The van der Waals surface area contributed by atoms with E-state index in [4.69, 9.17) is 0 Å². The minimum absolute atomic E-state index is 0.0357. The zero-order valence-corrected chi connectivity index (χ0v) is 13.3. The van der Waals surface area contributed by atoms with Crippen LogP contribution in [-0.4, -0.2) is 0 Å². The lowest BCUT2D eigenvalue weighted by molar-refractivity contribution is 0.133. The quantitative estimate of drug-likeness (QED) is 0.584. The molecule has 0 amide bonds.